The van der Waals surface area contributed by atoms with E-state index < -0.39 is 5.82 Å². The number of hydrogen-bond donors (Lipinski definition) is 2. The molecular weight excluding hydrogens is 399 g/mol. The number of nitrogens with one attached hydrogen (secondary N) is 1. The van der Waals surface area contributed by atoms with Gasteiger partial charge in [-0.15, -0.1) is 0 Å². The third-order valence-electron chi connectivity index (χ3n) is 5.38. The Balaban J connectivity index is 1.51. The van der Waals surface area contributed by atoms with E-state index in [1.807, 2.05) is 12.1 Å². The summed E-state index contributed by atoms with van der Waals surface area (Å²) in [6.45, 7) is 0. The first-order valence-electron chi connectivity index (χ1n) is 10.0. The van der Waals surface area contributed by atoms with E-state index in [1.54, 1.807) is 25.3 Å². The van der Waals surface area contributed by atoms with E-state index in [0.29, 0.717) is 16.6 Å². The molecule has 0 unspecified atom stereocenters. The largest absolute Gasteiger partial charge is 0.488 e. The number of hydrogen-bond acceptors (Lipinski definition) is 6. The van der Waals surface area contributed by atoms with Crippen LogP contribution in [0.2, 0.25) is 0 Å². The van der Waals surface area contributed by atoms with Gasteiger partial charge in [0.1, 0.15) is 23.4 Å². The smallest absolute Gasteiger partial charge is 0.258 e. The topological polar surface area (TPSA) is 102 Å². The molecule has 160 valence electrons. The van der Waals surface area contributed by atoms with Crippen molar-refractivity contribution in [3.05, 3.63) is 70.3 Å². The molecular formula is C23H23FN4O3. The third kappa shape index (κ3) is 4.64. The van der Waals surface area contributed by atoms with Gasteiger partial charge in [0, 0.05) is 18.0 Å². The van der Waals surface area contributed by atoms with Gasteiger partial charge in [0.15, 0.2) is 0 Å². The van der Waals surface area contributed by atoms with Crippen molar-refractivity contribution in [2.24, 2.45) is 15.9 Å². The van der Waals surface area contributed by atoms with Gasteiger partial charge in [0.05, 0.1) is 23.6 Å². The van der Waals surface area contributed by atoms with Crippen LogP contribution in [0.4, 0.5) is 10.1 Å². The Kier molecular flexibility index (Phi) is 6.08. The van der Waals surface area contributed by atoms with Crippen LogP contribution in [0, 0.1) is 5.82 Å². The molecule has 1 fully saturated rings. The van der Waals surface area contributed by atoms with Crippen LogP contribution in [-0.2, 0) is 4.74 Å². The molecule has 31 heavy (non-hydrogen) atoms. The molecule has 3 aromatic rings. The number of nitrogens with two attached hydrogens (primary N) is 1. The number of aromatic amines is 1. The molecule has 1 aromatic heterocycles. The third-order valence-corrected chi connectivity index (χ3v) is 5.38. The van der Waals surface area contributed by atoms with Crippen molar-refractivity contribution in [1.82, 2.24) is 4.98 Å². The van der Waals surface area contributed by atoms with E-state index in [2.05, 4.69) is 15.1 Å². The average molecular weight is 422 g/mol. The highest BCUT2D eigenvalue weighted by molar-refractivity contribution is 6.38. The molecule has 1 heterocycles. The lowest BCUT2D eigenvalue weighted by atomic mass is 10.1. The van der Waals surface area contributed by atoms with Crippen molar-refractivity contribution < 1.29 is 13.9 Å². The first-order valence-corrected chi connectivity index (χ1v) is 10.0. The molecule has 2 aromatic carbocycles. The maximum absolute atomic E-state index is 13.5. The zero-order valence-electron chi connectivity index (χ0n) is 17.0. The molecule has 0 radical (unpaired) electrons. The van der Waals surface area contributed by atoms with E-state index in [-0.39, 0.29) is 29.0 Å². The zero-order chi connectivity index (χ0) is 21.8. The average Bonchev–Trinajstić information content (AvgIpc) is 3.23. The summed E-state index contributed by atoms with van der Waals surface area (Å²) in [5, 5.41) is 4.22. The number of hydrazone groups is 1. The van der Waals surface area contributed by atoms with Gasteiger partial charge in [-0.05, 0) is 67.8 Å². The van der Waals surface area contributed by atoms with Crippen molar-refractivity contribution in [1.29, 1.82) is 0 Å². The highest BCUT2D eigenvalue weighted by Crippen LogP contribution is 2.27. The standard InChI is InChI=1S/C23H23FN4O3/c1-30-21-3-2-4-22(21)31-17-8-6-16(7-9-17)26-13-20(28-25)18-12-14-11-15(24)5-10-19(14)27-23(18)29/h5-13,21-22H,2-4,25H2,1H3,(H,27,29)/t21-,22-/m1/s1. The first-order chi connectivity index (χ1) is 15.1. The molecule has 3 N–H and O–H groups in total. The second kappa shape index (κ2) is 9.09. The fourth-order valence-corrected chi connectivity index (χ4v) is 3.76. The van der Waals surface area contributed by atoms with Crippen LogP contribution in [0.5, 0.6) is 5.75 Å². The minimum atomic E-state index is -0.401. The summed E-state index contributed by atoms with van der Waals surface area (Å²) >= 11 is 0. The van der Waals surface area contributed by atoms with Crippen molar-refractivity contribution >= 4 is 28.5 Å². The Bertz CT molecular complexity index is 1190. The van der Waals surface area contributed by atoms with Crippen molar-refractivity contribution in [2.45, 2.75) is 31.5 Å². The molecule has 2 atom stereocenters. The summed E-state index contributed by atoms with van der Waals surface area (Å²) in [5.74, 6) is 5.83. The monoisotopic (exact) mass is 422 g/mol. The van der Waals surface area contributed by atoms with Gasteiger partial charge < -0.3 is 20.3 Å². The van der Waals surface area contributed by atoms with Crippen molar-refractivity contribution in [3.63, 3.8) is 0 Å². The summed E-state index contributed by atoms with van der Waals surface area (Å²) in [5.41, 5.74) is 1.17. The summed E-state index contributed by atoms with van der Waals surface area (Å²) in [4.78, 5) is 19.5. The molecule has 1 saturated carbocycles. The Hall–Kier alpha value is -3.52. The number of methoxy groups -OCH3 is 1. The van der Waals surface area contributed by atoms with Crippen LogP contribution in [0.25, 0.3) is 10.9 Å². The minimum absolute atomic E-state index is 0.0554. The highest BCUT2D eigenvalue weighted by Gasteiger charge is 2.28. The lowest BCUT2D eigenvalue weighted by Crippen LogP contribution is -2.27. The molecule has 0 saturated heterocycles. The van der Waals surface area contributed by atoms with E-state index in [9.17, 15) is 9.18 Å². The van der Waals surface area contributed by atoms with Gasteiger partial charge in [0.2, 0.25) is 0 Å². The minimum Gasteiger partial charge on any atom is -0.488 e. The number of aliphatic imine (C=N–C) groups is 1. The lowest BCUT2D eigenvalue weighted by molar-refractivity contribution is 0.0229. The Morgan fingerprint density at radius 3 is 2.68 bits per heavy atom. The predicted octanol–water partition coefficient (Wildman–Crippen LogP) is 3.68. The van der Waals surface area contributed by atoms with E-state index in [4.69, 9.17) is 15.3 Å². The van der Waals surface area contributed by atoms with Crippen LogP contribution in [-0.4, -0.2) is 36.2 Å². The maximum Gasteiger partial charge on any atom is 0.258 e. The van der Waals surface area contributed by atoms with Crippen LogP contribution >= 0.6 is 0 Å². The fourth-order valence-electron chi connectivity index (χ4n) is 3.76. The van der Waals surface area contributed by atoms with E-state index in [0.717, 1.165) is 25.0 Å². The molecule has 1 aliphatic rings. The Morgan fingerprint density at radius 2 is 1.94 bits per heavy atom. The van der Waals surface area contributed by atoms with Gasteiger partial charge in [-0.3, -0.25) is 9.79 Å². The summed E-state index contributed by atoms with van der Waals surface area (Å²) in [6, 6.07) is 12.9. The van der Waals surface area contributed by atoms with Gasteiger partial charge in [-0.1, -0.05) is 0 Å². The molecule has 4 rings (SSSR count). The number of fused-ring (bicyclic) bond motifs is 1. The van der Waals surface area contributed by atoms with Gasteiger partial charge in [-0.25, -0.2) is 4.39 Å². The molecule has 0 aliphatic heterocycles. The number of ether oxygens (including phenoxy) is 2. The first kappa shape index (κ1) is 20.7. The number of nitrogens with zero attached hydrogens (tertiary/aromatic N) is 2. The molecule has 1 aliphatic carbocycles. The normalized spacial score (nSPS) is 19.4. The molecule has 7 nitrogen and oxygen atoms in total. The summed E-state index contributed by atoms with van der Waals surface area (Å²) in [6.07, 6.45) is 4.65. The number of halogens is 1. The molecule has 0 bridgehead atoms. The molecule has 0 spiro atoms. The van der Waals surface area contributed by atoms with Crippen molar-refractivity contribution in [2.75, 3.05) is 7.11 Å². The van der Waals surface area contributed by atoms with Gasteiger partial charge >= 0.3 is 0 Å². The molecule has 8 heteroatoms. The molecule has 0 amide bonds. The fraction of sp³-hybridized carbons (Fsp3) is 0.261. The summed E-state index contributed by atoms with van der Waals surface area (Å²) in [7, 11) is 1.71. The van der Waals surface area contributed by atoms with Crippen LogP contribution in [0.1, 0.15) is 24.8 Å². The van der Waals surface area contributed by atoms with Crippen LogP contribution < -0.4 is 16.1 Å². The second-order valence-corrected chi connectivity index (χ2v) is 7.37. The second-order valence-electron chi connectivity index (χ2n) is 7.37. The maximum atomic E-state index is 13.5. The lowest BCUT2D eigenvalue weighted by Gasteiger charge is -2.19. The Morgan fingerprint density at radius 1 is 1.16 bits per heavy atom. The van der Waals surface area contributed by atoms with Crippen LogP contribution in [0.15, 0.2) is 63.4 Å². The van der Waals surface area contributed by atoms with Crippen LogP contribution in [0.3, 0.4) is 0 Å². The summed E-state index contributed by atoms with van der Waals surface area (Å²) < 4.78 is 25.0. The zero-order valence-corrected chi connectivity index (χ0v) is 17.0. The number of aromatic nitrogens is 1. The van der Waals surface area contributed by atoms with Crippen molar-refractivity contribution in [3.8, 4) is 5.75 Å². The number of rotatable bonds is 6. The number of benzene rings is 2. The van der Waals surface area contributed by atoms with Gasteiger partial charge in [-0.2, -0.15) is 5.10 Å². The highest BCUT2D eigenvalue weighted by atomic mass is 19.1. The van der Waals surface area contributed by atoms with E-state index in [1.165, 1.54) is 24.4 Å². The number of H-pyrrole nitrogens is 1. The van der Waals surface area contributed by atoms with E-state index >= 15 is 0 Å². The van der Waals surface area contributed by atoms with Gasteiger partial charge in [0.25, 0.3) is 5.56 Å². The number of pyridine rings is 1. The quantitative estimate of drug-likeness (QED) is 0.359. The Labute approximate surface area is 178 Å². The SMILES string of the molecule is CO[C@@H]1CCC[C@H]1Oc1ccc(N=CC(=NN)c2cc3cc(F)ccc3[nH]c2=O)cc1. The predicted molar refractivity (Wildman–Crippen MR) is 119 cm³/mol.